The van der Waals surface area contributed by atoms with Crippen molar-refractivity contribution >= 4 is 21.8 Å². The minimum absolute atomic E-state index is 0.400. The molecule has 0 heterocycles. The number of carbonyl (C=O) groups excluding carboxylic acids is 1. The lowest BCUT2D eigenvalue weighted by atomic mass is 10.1. The Morgan fingerprint density at radius 3 is 2.79 bits per heavy atom. The van der Waals surface area contributed by atoms with E-state index in [0.717, 1.165) is 0 Å². The molecule has 0 aliphatic carbocycles. The van der Waals surface area contributed by atoms with Crippen molar-refractivity contribution in [3.8, 4) is 5.75 Å². The Hall–Kier alpha value is -1.07. The molecule has 4 nitrogen and oxygen atoms in total. The van der Waals surface area contributed by atoms with Gasteiger partial charge in [0.15, 0.2) is 6.10 Å². The number of hydrogen-bond donors (Lipinski definition) is 2. The number of hydrogen-bond acceptors (Lipinski definition) is 3. The minimum Gasteiger partial charge on any atom is -0.497 e. The molecule has 1 aromatic rings. The number of rotatable bonds is 3. The van der Waals surface area contributed by atoms with Crippen molar-refractivity contribution in [3.63, 3.8) is 0 Å². The normalized spacial score (nSPS) is 12.2. The molecule has 5 heteroatoms. The molecule has 1 aromatic carbocycles. The number of methoxy groups -OCH3 is 1. The number of aliphatic hydroxyl groups excluding tert-OH is 1. The number of benzene rings is 1. The first-order valence-corrected chi connectivity index (χ1v) is 4.66. The molecule has 1 unspecified atom stereocenters. The first-order chi connectivity index (χ1) is 6.56. The maximum Gasteiger partial charge on any atom is 0.250 e. The standard InChI is InChI=1S/C9H10BrNO3/c1-14-5-2-3-7(10)6(4-5)8(12)9(11)13/h2-4,8,12H,1H3,(H2,11,13). The van der Waals surface area contributed by atoms with E-state index in [0.29, 0.717) is 15.8 Å². The minimum atomic E-state index is -1.32. The van der Waals surface area contributed by atoms with Crippen molar-refractivity contribution in [2.24, 2.45) is 5.73 Å². The first kappa shape index (κ1) is 11.0. The summed E-state index contributed by atoms with van der Waals surface area (Å²) in [6, 6.07) is 4.95. The second-order valence-corrected chi connectivity index (χ2v) is 3.55. The van der Waals surface area contributed by atoms with Crippen molar-refractivity contribution in [2.45, 2.75) is 6.10 Å². The molecule has 0 aromatic heterocycles. The molecule has 0 saturated heterocycles. The van der Waals surface area contributed by atoms with Gasteiger partial charge in [-0.2, -0.15) is 0 Å². The fraction of sp³-hybridized carbons (Fsp3) is 0.222. The number of ether oxygens (including phenoxy) is 1. The lowest BCUT2D eigenvalue weighted by molar-refractivity contribution is -0.126. The van der Waals surface area contributed by atoms with Crippen LogP contribution in [0.2, 0.25) is 0 Å². The van der Waals surface area contributed by atoms with E-state index >= 15 is 0 Å². The number of aliphatic hydroxyl groups is 1. The van der Waals surface area contributed by atoms with Gasteiger partial charge >= 0.3 is 0 Å². The van der Waals surface area contributed by atoms with Crippen molar-refractivity contribution in [2.75, 3.05) is 7.11 Å². The van der Waals surface area contributed by atoms with Crippen LogP contribution >= 0.6 is 15.9 Å². The second-order valence-electron chi connectivity index (χ2n) is 2.69. The van der Waals surface area contributed by atoms with Crippen molar-refractivity contribution in [1.82, 2.24) is 0 Å². The van der Waals surface area contributed by atoms with E-state index in [1.165, 1.54) is 7.11 Å². The molecule has 1 amide bonds. The van der Waals surface area contributed by atoms with Crippen LogP contribution in [0.4, 0.5) is 0 Å². The van der Waals surface area contributed by atoms with E-state index < -0.39 is 12.0 Å². The van der Waals surface area contributed by atoms with Crippen molar-refractivity contribution in [3.05, 3.63) is 28.2 Å². The summed E-state index contributed by atoms with van der Waals surface area (Å²) in [6.07, 6.45) is -1.32. The summed E-state index contributed by atoms with van der Waals surface area (Å²) in [5, 5.41) is 9.44. The van der Waals surface area contributed by atoms with Gasteiger partial charge < -0.3 is 15.6 Å². The van der Waals surface area contributed by atoms with E-state index in [1.54, 1.807) is 18.2 Å². The molecule has 0 aliphatic rings. The Balaban J connectivity index is 3.11. The van der Waals surface area contributed by atoms with E-state index in [-0.39, 0.29) is 0 Å². The van der Waals surface area contributed by atoms with Gasteiger partial charge in [0.2, 0.25) is 0 Å². The summed E-state index contributed by atoms with van der Waals surface area (Å²) in [4.78, 5) is 10.8. The van der Waals surface area contributed by atoms with E-state index in [9.17, 15) is 9.90 Å². The van der Waals surface area contributed by atoms with Gasteiger partial charge in [-0.3, -0.25) is 4.79 Å². The SMILES string of the molecule is COc1ccc(Br)c(C(O)C(N)=O)c1. The van der Waals surface area contributed by atoms with Crippen LogP contribution in [0.25, 0.3) is 0 Å². The molecule has 76 valence electrons. The van der Waals surface area contributed by atoms with Crippen LogP contribution in [-0.2, 0) is 4.79 Å². The lowest BCUT2D eigenvalue weighted by Gasteiger charge is -2.10. The van der Waals surface area contributed by atoms with Gasteiger partial charge in [-0.25, -0.2) is 0 Å². The van der Waals surface area contributed by atoms with E-state index in [4.69, 9.17) is 10.5 Å². The Bertz CT molecular complexity index is 354. The number of nitrogens with two attached hydrogens (primary N) is 1. The largest absolute Gasteiger partial charge is 0.497 e. The van der Waals surface area contributed by atoms with Gasteiger partial charge in [-0.05, 0) is 18.2 Å². The van der Waals surface area contributed by atoms with Crippen LogP contribution in [0.5, 0.6) is 5.75 Å². The molecule has 3 N–H and O–H groups in total. The molecule has 14 heavy (non-hydrogen) atoms. The molecule has 0 bridgehead atoms. The van der Waals surface area contributed by atoms with Gasteiger partial charge in [-0.15, -0.1) is 0 Å². The van der Waals surface area contributed by atoms with Gasteiger partial charge in [-0.1, -0.05) is 15.9 Å². The van der Waals surface area contributed by atoms with Crippen molar-refractivity contribution in [1.29, 1.82) is 0 Å². The lowest BCUT2D eigenvalue weighted by Crippen LogP contribution is -2.21. The monoisotopic (exact) mass is 259 g/mol. The Labute approximate surface area is 89.8 Å². The van der Waals surface area contributed by atoms with Gasteiger partial charge in [0.1, 0.15) is 5.75 Å². The smallest absolute Gasteiger partial charge is 0.250 e. The van der Waals surface area contributed by atoms with Gasteiger partial charge in [0.25, 0.3) is 5.91 Å². The highest BCUT2D eigenvalue weighted by Gasteiger charge is 2.17. The summed E-state index contributed by atoms with van der Waals surface area (Å²) in [5.41, 5.74) is 5.38. The zero-order chi connectivity index (χ0) is 10.7. The molecule has 1 atom stereocenters. The first-order valence-electron chi connectivity index (χ1n) is 3.87. The molecular weight excluding hydrogens is 250 g/mol. The van der Waals surface area contributed by atoms with Crippen LogP contribution in [0.15, 0.2) is 22.7 Å². The molecule has 0 saturated carbocycles. The highest BCUT2D eigenvalue weighted by Crippen LogP contribution is 2.27. The number of primary amides is 1. The maximum absolute atomic E-state index is 10.8. The highest BCUT2D eigenvalue weighted by molar-refractivity contribution is 9.10. The van der Waals surface area contributed by atoms with Crippen LogP contribution in [0.1, 0.15) is 11.7 Å². The van der Waals surface area contributed by atoms with E-state index in [1.807, 2.05) is 0 Å². The molecular formula is C9H10BrNO3. The highest BCUT2D eigenvalue weighted by atomic mass is 79.9. The second kappa shape index (κ2) is 4.43. The summed E-state index contributed by atoms with van der Waals surface area (Å²) in [7, 11) is 1.50. The van der Waals surface area contributed by atoms with Crippen LogP contribution in [0.3, 0.4) is 0 Å². The van der Waals surface area contributed by atoms with Crippen LogP contribution in [-0.4, -0.2) is 18.1 Å². The summed E-state index contributed by atoms with van der Waals surface area (Å²) in [6.45, 7) is 0. The van der Waals surface area contributed by atoms with Gasteiger partial charge in [0.05, 0.1) is 7.11 Å². The molecule has 1 rings (SSSR count). The zero-order valence-corrected chi connectivity index (χ0v) is 9.11. The van der Waals surface area contributed by atoms with E-state index in [2.05, 4.69) is 15.9 Å². The predicted octanol–water partition coefficient (Wildman–Crippen LogP) is 0.976. The topological polar surface area (TPSA) is 72.6 Å². The molecule has 0 fully saturated rings. The van der Waals surface area contributed by atoms with Crippen LogP contribution < -0.4 is 10.5 Å². The molecule has 0 radical (unpaired) electrons. The average Bonchev–Trinajstić information content (AvgIpc) is 2.17. The number of halogens is 1. The average molecular weight is 260 g/mol. The maximum atomic E-state index is 10.8. The number of amides is 1. The third-order valence-electron chi connectivity index (χ3n) is 1.77. The fourth-order valence-electron chi connectivity index (χ4n) is 1.01. The summed E-state index contributed by atoms with van der Waals surface area (Å²) >= 11 is 3.21. The number of carbonyl (C=O) groups is 1. The Kier molecular flexibility index (Phi) is 3.49. The van der Waals surface area contributed by atoms with Gasteiger partial charge in [0, 0.05) is 10.0 Å². The Morgan fingerprint density at radius 1 is 1.64 bits per heavy atom. The third-order valence-corrected chi connectivity index (χ3v) is 2.49. The summed E-state index contributed by atoms with van der Waals surface area (Å²) < 4.78 is 5.57. The Morgan fingerprint density at radius 2 is 2.29 bits per heavy atom. The van der Waals surface area contributed by atoms with Crippen molar-refractivity contribution < 1.29 is 14.6 Å². The molecule has 0 spiro atoms. The third kappa shape index (κ3) is 2.24. The van der Waals surface area contributed by atoms with Crippen LogP contribution in [0, 0.1) is 0 Å². The zero-order valence-electron chi connectivity index (χ0n) is 7.53. The summed E-state index contributed by atoms with van der Waals surface area (Å²) in [5.74, 6) is -0.234. The predicted molar refractivity (Wildman–Crippen MR) is 54.8 cm³/mol. The quantitative estimate of drug-likeness (QED) is 0.850. The molecule has 0 aliphatic heterocycles. The fourth-order valence-corrected chi connectivity index (χ4v) is 1.48.